The van der Waals surface area contributed by atoms with Crippen LogP contribution in [0.25, 0.3) is 0 Å². The zero-order valence-corrected chi connectivity index (χ0v) is 20.0. The summed E-state index contributed by atoms with van der Waals surface area (Å²) in [6.07, 6.45) is -5.27. The lowest BCUT2D eigenvalue weighted by Gasteiger charge is -2.35. The lowest BCUT2D eigenvalue weighted by Crippen LogP contribution is -2.57. The van der Waals surface area contributed by atoms with Crippen molar-refractivity contribution in [3.05, 3.63) is 0 Å². The molecule has 1 N–H and O–H groups in total. The SMILES string of the molecule is CCN(CC)CC.CO[C@H]1C(OC(C)=O)C2O[C@H]1C(OC(=O)COCC(=O)O)C2OC(C)=O. The van der Waals surface area contributed by atoms with Crippen molar-refractivity contribution in [1.82, 2.24) is 4.90 Å². The zero-order valence-electron chi connectivity index (χ0n) is 20.0. The monoisotopic (exact) mass is 477 g/mol. The molecule has 0 aromatic carbocycles. The standard InChI is InChI=1S/C15H20O11.C6H15N/c1-6(16)23-11-10(21-3)12-14(13(15(11)26-12)24-7(2)17)25-9(20)5-22-4-8(18)19;1-4-7(5-2)6-3/h10-15H,4-5H2,1-3H3,(H,18,19);4-6H2,1-3H3/t10-,11?,12+,13?,14?,15?;/m0./s1. The van der Waals surface area contributed by atoms with Crippen molar-refractivity contribution >= 4 is 23.9 Å². The van der Waals surface area contributed by atoms with Gasteiger partial charge in [0, 0.05) is 21.0 Å². The van der Waals surface area contributed by atoms with Gasteiger partial charge in [-0.05, 0) is 19.6 Å². The first-order valence-corrected chi connectivity index (χ1v) is 10.8. The number of carboxylic acids is 1. The minimum absolute atomic E-state index is 0.564. The number of hydrogen-bond donors (Lipinski definition) is 1. The summed E-state index contributed by atoms with van der Waals surface area (Å²) >= 11 is 0. The Labute approximate surface area is 193 Å². The first-order chi connectivity index (χ1) is 15.6. The third kappa shape index (κ3) is 8.54. The molecule has 0 aromatic rings. The number of hydrogen-bond acceptors (Lipinski definition) is 11. The molecule has 33 heavy (non-hydrogen) atoms. The smallest absolute Gasteiger partial charge is 0.332 e. The number of aliphatic carboxylic acids is 1. The molecule has 0 amide bonds. The molecule has 0 spiro atoms. The molecule has 0 saturated carbocycles. The van der Waals surface area contributed by atoms with Gasteiger partial charge in [0.05, 0.1) is 0 Å². The van der Waals surface area contributed by atoms with Gasteiger partial charge < -0.3 is 38.4 Å². The van der Waals surface area contributed by atoms with E-state index in [2.05, 4.69) is 30.4 Å². The van der Waals surface area contributed by atoms with Crippen molar-refractivity contribution in [3.63, 3.8) is 0 Å². The van der Waals surface area contributed by atoms with E-state index < -0.39 is 73.7 Å². The largest absolute Gasteiger partial charge is 0.480 e. The van der Waals surface area contributed by atoms with E-state index in [1.54, 1.807) is 0 Å². The van der Waals surface area contributed by atoms with E-state index in [0.717, 1.165) is 0 Å². The van der Waals surface area contributed by atoms with Crippen LogP contribution in [-0.4, -0.2) is 110 Å². The Kier molecular flexibility index (Phi) is 12.3. The maximum atomic E-state index is 11.9. The van der Waals surface area contributed by atoms with E-state index >= 15 is 0 Å². The Morgan fingerprint density at radius 3 is 1.64 bits per heavy atom. The molecular weight excluding hydrogens is 442 g/mol. The maximum absolute atomic E-state index is 11.9. The molecule has 2 bridgehead atoms. The number of rotatable bonds is 11. The molecule has 12 nitrogen and oxygen atoms in total. The van der Waals surface area contributed by atoms with Gasteiger partial charge in [0.25, 0.3) is 0 Å². The summed E-state index contributed by atoms with van der Waals surface area (Å²) in [6, 6.07) is 0. The predicted molar refractivity (Wildman–Crippen MR) is 112 cm³/mol. The van der Waals surface area contributed by atoms with Crippen LogP contribution < -0.4 is 0 Å². The highest BCUT2D eigenvalue weighted by atomic mass is 16.7. The Balaban J connectivity index is 0.000000675. The van der Waals surface area contributed by atoms with E-state index in [1.165, 1.54) is 40.6 Å². The summed E-state index contributed by atoms with van der Waals surface area (Å²) in [4.78, 5) is 47.3. The topological polar surface area (TPSA) is 147 Å². The molecule has 2 saturated heterocycles. The Morgan fingerprint density at radius 1 is 0.788 bits per heavy atom. The van der Waals surface area contributed by atoms with E-state index in [0.29, 0.717) is 0 Å². The van der Waals surface area contributed by atoms with Gasteiger partial charge in [-0.15, -0.1) is 0 Å². The van der Waals surface area contributed by atoms with Crippen LogP contribution in [0.4, 0.5) is 0 Å². The van der Waals surface area contributed by atoms with Crippen LogP contribution in [0.2, 0.25) is 0 Å². The van der Waals surface area contributed by atoms with Crippen molar-refractivity contribution < 1.29 is 52.7 Å². The quantitative estimate of drug-likeness (QED) is 0.316. The average molecular weight is 478 g/mol. The number of nitrogens with zero attached hydrogens (tertiary/aromatic N) is 1. The highest BCUT2D eigenvalue weighted by Gasteiger charge is 2.65. The summed E-state index contributed by atoms with van der Waals surface area (Å²) in [5.74, 6) is -3.29. The number of carbonyl (C=O) groups excluding carboxylic acids is 3. The van der Waals surface area contributed by atoms with Crippen LogP contribution in [-0.2, 0) is 47.6 Å². The molecule has 2 rings (SSSR count). The normalized spacial score (nSPS) is 27.5. The number of esters is 3. The fourth-order valence-corrected chi connectivity index (χ4v) is 3.75. The summed E-state index contributed by atoms with van der Waals surface area (Å²) in [6.45, 7) is 11.3. The fraction of sp³-hybridized carbons (Fsp3) is 0.810. The lowest BCUT2D eigenvalue weighted by molar-refractivity contribution is -0.186. The molecule has 2 aliphatic heterocycles. The third-order valence-electron chi connectivity index (χ3n) is 5.19. The van der Waals surface area contributed by atoms with Gasteiger partial charge in [0.1, 0.15) is 31.5 Å². The third-order valence-corrected chi connectivity index (χ3v) is 5.19. The summed E-state index contributed by atoms with van der Waals surface area (Å²) < 4.78 is 31.3. The minimum atomic E-state index is -1.23. The summed E-state index contributed by atoms with van der Waals surface area (Å²) in [7, 11) is 1.38. The molecule has 190 valence electrons. The second-order valence-electron chi connectivity index (χ2n) is 7.37. The van der Waals surface area contributed by atoms with Crippen LogP contribution in [0.15, 0.2) is 0 Å². The molecule has 0 aliphatic carbocycles. The highest BCUT2D eigenvalue weighted by Crippen LogP contribution is 2.41. The molecule has 2 aliphatic rings. The highest BCUT2D eigenvalue weighted by molar-refractivity contribution is 5.73. The van der Waals surface area contributed by atoms with Crippen LogP contribution in [0.1, 0.15) is 34.6 Å². The van der Waals surface area contributed by atoms with Crippen molar-refractivity contribution in [1.29, 1.82) is 0 Å². The van der Waals surface area contributed by atoms with Gasteiger partial charge in [0.15, 0.2) is 18.3 Å². The number of carboxylic acid groups (broad SMARTS) is 1. The van der Waals surface area contributed by atoms with Gasteiger partial charge in [-0.1, -0.05) is 20.8 Å². The maximum Gasteiger partial charge on any atom is 0.332 e. The van der Waals surface area contributed by atoms with Crippen molar-refractivity contribution in [2.45, 2.75) is 71.2 Å². The Morgan fingerprint density at radius 2 is 1.24 bits per heavy atom. The van der Waals surface area contributed by atoms with E-state index in [1.807, 2.05) is 0 Å². The average Bonchev–Trinajstić information content (AvgIpc) is 3.24. The first-order valence-electron chi connectivity index (χ1n) is 10.8. The van der Waals surface area contributed by atoms with Gasteiger partial charge in [0.2, 0.25) is 0 Å². The minimum Gasteiger partial charge on any atom is -0.480 e. The Hall–Kier alpha value is -2.28. The van der Waals surface area contributed by atoms with Gasteiger partial charge in [-0.2, -0.15) is 0 Å². The molecule has 6 atom stereocenters. The second-order valence-corrected chi connectivity index (χ2v) is 7.37. The molecule has 4 unspecified atom stereocenters. The van der Waals surface area contributed by atoms with Crippen LogP contribution in [0.3, 0.4) is 0 Å². The van der Waals surface area contributed by atoms with Crippen LogP contribution in [0.5, 0.6) is 0 Å². The molecule has 2 fully saturated rings. The second kappa shape index (κ2) is 14.1. The number of ether oxygens (including phenoxy) is 6. The summed E-state index contributed by atoms with van der Waals surface area (Å²) in [5, 5.41) is 8.49. The molecular formula is C21H35NO11. The zero-order chi connectivity index (χ0) is 25.1. The van der Waals surface area contributed by atoms with E-state index in [-0.39, 0.29) is 0 Å². The van der Waals surface area contributed by atoms with Gasteiger partial charge >= 0.3 is 23.9 Å². The van der Waals surface area contributed by atoms with Crippen LogP contribution in [0, 0.1) is 0 Å². The Bertz CT molecular complexity index is 661. The molecule has 12 heteroatoms. The van der Waals surface area contributed by atoms with Crippen LogP contribution >= 0.6 is 0 Å². The number of fused-ring (bicyclic) bond motifs is 2. The molecule has 0 radical (unpaired) electrons. The van der Waals surface area contributed by atoms with Crippen molar-refractivity contribution in [2.24, 2.45) is 0 Å². The lowest BCUT2D eigenvalue weighted by atomic mass is 9.89. The predicted octanol–water partition coefficient (Wildman–Crippen LogP) is 0.00690. The van der Waals surface area contributed by atoms with Gasteiger partial charge in [-0.25, -0.2) is 9.59 Å². The van der Waals surface area contributed by atoms with Crippen molar-refractivity contribution in [2.75, 3.05) is 40.0 Å². The van der Waals surface area contributed by atoms with E-state index in [9.17, 15) is 19.2 Å². The first kappa shape index (κ1) is 28.8. The van der Waals surface area contributed by atoms with Gasteiger partial charge in [-0.3, -0.25) is 9.59 Å². The van der Waals surface area contributed by atoms with E-state index in [4.69, 9.17) is 28.8 Å². The van der Waals surface area contributed by atoms with Crippen molar-refractivity contribution in [3.8, 4) is 0 Å². The molecule has 0 aromatic heterocycles. The number of methoxy groups -OCH3 is 1. The summed E-state index contributed by atoms with van der Waals surface area (Å²) in [5.41, 5.74) is 0. The fourth-order valence-electron chi connectivity index (χ4n) is 3.75. The molecule has 2 heterocycles. The number of carbonyl (C=O) groups is 4.